The number of aromatic nitrogens is 3. The lowest BCUT2D eigenvalue weighted by atomic mass is 9.77. The van der Waals surface area contributed by atoms with E-state index in [1.54, 1.807) is 30.5 Å². The predicted molar refractivity (Wildman–Crippen MR) is 106 cm³/mol. The summed E-state index contributed by atoms with van der Waals surface area (Å²) in [4.78, 5) is 16.8. The first-order valence-corrected chi connectivity index (χ1v) is 9.84. The molecule has 1 fully saturated rings. The van der Waals surface area contributed by atoms with Crippen LogP contribution in [0.25, 0.3) is 5.65 Å². The van der Waals surface area contributed by atoms with Gasteiger partial charge in [0.25, 0.3) is 5.91 Å². The number of fused-ring (bicyclic) bond motifs is 1. The molecule has 2 aromatic heterocycles. The van der Waals surface area contributed by atoms with Gasteiger partial charge in [-0.05, 0) is 68.9 Å². The fraction of sp³-hybridized carbons (Fsp3) is 0.381. The highest BCUT2D eigenvalue weighted by molar-refractivity contribution is 6.30. The highest BCUT2D eigenvalue weighted by Crippen LogP contribution is 2.37. The first-order chi connectivity index (χ1) is 13.1. The molecule has 0 radical (unpaired) electrons. The van der Waals surface area contributed by atoms with E-state index in [1.165, 1.54) is 5.69 Å². The minimum atomic E-state index is -0.0336. The number of hydrogen-bond acceptors (Lipinski definition) is 3. The smallest absolute Gasteiger partial charge is 0.251 e. The monoisotopic (exact) mass is 382 g/mol. The fourth-order valence-electron chi connectivity index (χ4n) is 4.09. The normalized spacial score (nSPS) is 21.1. The minimum absolute atomic E-state index is 0.0336. The topological polar surface area (TPSA) is 59.3 Å². The summed E-state index contributed by atoms with van der Waals surface area (Å²) in [5.74, 6) is 0.951. The average Bonchev–Trinajstić information content (AvgIpc) is 3.17. The van der Waals surface area contributed by atoms with Gasteiger partial charge in [0.15, 0.2) is 5.65 Å². The second-order valence-corrected chi connectivity index (χ2v) is 7.79. The Hall–Kier alpha value is -2.40. The Labute approximate surface area is 163 Å². The van der Waals surface area contributed by atoms with Crippen LogP contribution in [0.4, 0.5) is 0 Å². The predicted octanol–water partition coefficient (Wildman–Crippen LogP) is 4.48. The summed E-state index contributed by atoms with van der Waals surface area (Å²) in [6.45, 7) is 2.11. The van der Waals surface area contributed by atoms with Gasteiger partial charge in [0.2, 0.25) is 0 Å². The maximum absolute atomic E-state index is 12.4. The molecule has 2 heterocycles. The molecule has 0 spiro atoms. The summed E-state index contributed by atoms with van der Waals surface area (Å²) in [5, 5.41) is 8.21. The van der Waals surface area contributed by atoms with Crippen LogP contribution in [0.5, 0.6) is 0 Å². The van der Waals surface area contributed by atoms with E-state index < -0.39 is 0 Å². The van der Waals surface area contributed by atoms with Crippen LogP contribution in [0, 0.1) is 5.92 Å². The fourth-order valence-corrected chi connectivity index (χ4v) is 4.21. The number of nitrogens with one attached hydrogen (secondary N) is 1. The van der Waals surface area contributed by atoms with Gasteiger partial charge in [0.05, 0.1) is 6.20 Å². The first-order valence-electron chi connectivity index (χ1n) is 9.47. The van der Waals surface area contributed by atoms with Gasteiger partial charge in [-0.25, -0.2) is 9.50 Å². The third-order valence-electron chi connectivity index (χ3n) is 5.68. The van der Waals surface area contributed by atoms with Crippen molar-refractivity contribution >= 4 is 23.2 Å². The lowest BCUT2D eigenvalue weighted by molar-refractivity contribution is 0.0917. The molecule has 4 rings (SSSR count). The van der Waals surface area contributed by atoms with Gasteiger partial charge in [-0.15, -0.1) is 0 Å². The van der Waals surface area contributed by atoms with Gasteiger partial charge < -0.3 is 5.32 Å². The Morgan fingerprint density at radius 2 is 1.85 bits per heavy atom. The van der Waals surface area contributed by atoms with Crippen molar-refractivity contribution in [2.75, 3.05) is 0 Å². The minimum Gasteiger partial charge on any atom is -0.349 e. The second-order valence-electron chi connectivity index (χ2n) is 7.35. The van der Waals surface area contributed by atoms with E-state index in [0.29, 0.717) is 22.4 Å². The van der Waals surface area contributed by atoms with E-state index >= 15 is 0 Å². The standard InChI is InChI=1S/C21H23ClN4O/c1-14(25-21(27)17-6-8-18(22)9-7-17)15-2-4-16(5-3-15)19-10-12-23-20-11-13-24-26(19)20/h6-16H,2-5H2,1H3,(H,25,27)/t14-,15-,16+/m0/s1. The zero-order chi connectivity index (χ0) is 18.8. The summed E-state index contributed by atoms with van der Waals surface area (Å²) in [7, 11) is 0. The molecular weight excluding hydrogens is 360 g/mol. The molecular formula is C21H23ClN4O. The molecule has 27 heavy (non-hydrogen) atoms. The van der Waals surface area contributed by atoms with Crippen molar-refractivity contribution in [3.05, 3.63) is 65.1 Å². The Bertz CT molecular complexity index is 929. The molecule has 140 valence electrons. The van der Waals surface area contributed by atoms with Gasteiger partial charge in [0.1, 0.15) is 0 Å². The van der Waals surface area contributed by atoms with E-state index in [2.05, 4.69) is 28.4 Å². The van der Waals surface area contributed by atoms with Crippen LogP contribution < -0.4 is 5.32 Å². The van der Waals surface area contributed by atoms with Crippen LogP contribution in [0.2, 0.25) is 5.02 Å². The zero-order valence-electron chi connectivity index (χ0n) is 15.3. The van der Waals surface area contributed by atoms with Crippen LogP contribution in [-0.4, -0.2) is 26.5 Å². The van der Waals surface area contributed by atoms with Crippen molar-refractivity contribution < 1.29 is 4.79 Å². The maximum Gasteiger partial charge on any atom is 0.251 e. The molecule has 0 bridgehead atoms. The Balaban J connectivity index is 1.36. The quantitative estimate of drug-likeness (QED) is 0.723. The molecule has 1 amide bonds. The van der Waals surface area contributed by atoms with Crippen molar-refractivity contribution in [1.82, 2.24) is 19.9 Å². The van der Waals surface area contributed by atoms with Gasteiger partial charge >= 0.3 is 0 Å². The number of nitrogens with zero attached hydrogens (tertiary/aromatic N) is 3. The third kappa shape index (κ3) is 3.83. The number of carbonyl (C=O) groups is 1. The molecule has 1 aliphatic rings. The third-order valence-corrected chi connectivity index (χ3v) is 5.93. The molecule has 3 aromatic rings. The molecule has 5 nitrogen and oxygen atoms in total. The SMILES string of the molecule is C[C@H](NC(=O)c1ccc(Cl)cc1)[C@H]1CC[C@@H](c2ccnc3ccnn32)CC1. The molecule has 6 heteroatoms. The summed E-state index contributed by atoms with van der Waals surface area (Å²) in [6, 6.07) is 11.2. The number of amides is 1. The summed E-state index contributed by atoms with van der Waals surface area (Å²) in [5.41, 5.74) is 2.79. The average molecular weight is 383 g/mol. The molecule has 0 aliphatic heterocycles. The number of benzene rings is 1. The Morgan fingerprint density at radius 1 is 1.11 bits per heavy atom. The van der Waals surface area contributed by atoms with Crippen molar-refractivity contribution in [3.63, 3.8) is 0 Å². The lowest BCUT2D eigenvalue weighted by Crippen LogP contribution is -2.39. The van der Waals surface area contributed by atoms with E-state index in [9.17, 15) is 4.79 Å². The number of rotatable bonds is 4. The Morgan fingerprint density at radius 3 is 2.59 bits per heavy atom. The highest BCUT2D eigenvalue weighted by Gasteiger charge is 2.28. The molecule has 1 aromatic carbocycles. The van der Waals surface area contributed by atoms with Crippen LogP contribution in [0.15, 0.2) is 48.8 Å². The van der Waals surface area contributed by atoms with Crippen molar-refractivity contribution in [3.8, 4) is 0 Å². The van der Waals surface area contributed by atoms with Gasteiger partial charge in [0, 0.05) is 40.5 Å². The highest BCUT2D eigenvalue weighted by atomic mass is 35.5. The van der Waals surface area contributed by atoms with Crippen LogP contribution in [0.3, 0.4) is 0 Å². The van der Waals surface area contributed by atoms with Crippen LogP contribution in [0.1, 0.15) is 54.6 Å². The van der Waals surface area contributed by atoms with E-state index in [1.807, 2.05) is 16.8 Å². The molecule has 1 saturated carbocycles. The number of hydrogen-bond donors (Lipinski definition) is 1. The van der Waals surface area contributed by atoms with E-state index in [0.717, 1.165) is 31.3 Å². The first kappa shape index (κ1) is 18.0. The van der Waals surface area contributed by atoms with Gasteiger partial charge in [-0.1, -0.05) is 11.6 Å². The molecule has 0 unspecified atom stereocenters. The number of halogens is 1. The molecule has 1 aliphatic carbocycles. The van der Waals surface area contributed by atoms with Crippen molar-refractivity contribution in [2.45, 2.75) is 44.6 Å². The maximum atomic E-state index is 12.4. The van der Waals surface area contributed by atoms with Crippen LogP contribution >= 0.6 is 11.6 Å². The van der Waals surface area contributed by atoms with E-state index in [-0.39, 0.29) is 11.9 Å². The zero-order valence-corrected chi connectivity index (χ0v) is 16.1. The molecule has 1 atom stereocenters. The second kappa shape index (κ2) is 7.69. The number of carbonyl (C=O) groups excluding carboxylic acids is 1. The largest absolute Gasteiger partial charge is 0.349 e. The lowest BCUT2D eigenvalue weighted by Gasteiger charge is -2.32. The summed E-state index contributed by atoms with van der Waals surface area (Å²) >= 11 is 5.90. The van der Waals surface area contributed by atoms with Crippen molar-refractivity contribution in [1.29, 1.82) is 0 Å². The molecule has 1 N–H and O–H groups in total. The van der Waals surface area contributed by atoms with Gasteiger partial charge in [-0.3, -0.25) is 4.79 Å². The summed E-state index contributed by atoms with van der Waals surface area (Å²) < 4.78 is 1.96. The van der Waals surface area contributed by atoms with E-state index in [4.69, 9.17) is 11.6 Å². The molecule has 0 saturated heterocycles. The Kier molecular flexibility index (Phi) is 5.12. The van der Waals surface area contributed by atoms with Gasteiger partial charge in [-0.2, -0.15) is 5.10 Å². The van der Waals surface area contributed by atoms with Crippen molar-refractivity contribution in [2.24, 2.45) is 5.92 Å². The summed E-state index contributed by atoms with van der Waals surface area (Å²) in [6.07, 6.45) is 8.06. The van der Waals surface area contributed by atoms with Crippen LogP contribution in [-0.2, 0) is 0 Å².